The molecule has 0 aromatic carbocycles. The van der Waals surface area contributed by atoms with Crippen LogP contribution in [0.15, 0.2) is 0 Å². The summed E-state index contributed by atoms with van der Waals surface area (Å²) in [6.07, 6.45) is 1.01. The number of aliphatic hydroxyl groups excluding tert-OH is 2. The highest BCUT2D eigenvalue weighted by Gasteiger charge is 2.45. The minimum absolute atomic E-state index is 0.171. The van der Waals surface area contributed by atoms with Crippen LogP contribution in [0.25, 0.3) is 0 Å². The van der Waals surface area contributed by atoms with Crippen LogP contribution in [0, 0.1) is 0 Å². The molecular weight excluding hydrogens is 118 g/mol. The zero-order chi connectivity index (χ0) is 6.43. The molecule has 9 heavy (non-hydrogen) atoms. The summed E-state index contributed by atoms with van der Waals surface area (Å²) >= 11 is 0. The highest BCUT2D eigenvalue weighted by atomic mass is 16.3. The van der Waals surface area contributed by atoms with Crippen LogP contribution in [0.1, 0.15) is 12.8 Å². The predicted molar refractivity (Wildman–Crippen MR) is 32.0 cm³/mol. The molecule has 3 nitrogen and oxygen atoms in total. The lowest BCUT2D eigenvalue weighted by atomic mass is 9.95. The smallest absolute Gasteiger partial charge is 0.0967 e. The van der Waals surface area contributed by atoms with Crippen LogP contribution in [-0.2, 0) is 0 Å². The predicted octanol–water partition coefficient (Wildman–Crippen LogP) is -1.16. The van der Waals surface area contributed by atoms with Gasteiger partial charge in [-0.15, -0.1) is 0 Å². The molecule has 4 atom stereocenters. The lowest BCUT2D eigenvalue weighted by Crippen LogP contribution is -2.36. The van der Waals surface area contributed by atoms with Gasteiger partial charge in [-0.1, -0.05) is 0 Å². The van der Waals surface area contributed by atoms with Crippen molar-refractivity contribution < 1.29 is 10.2 Å². The maximum absolute atomic E-state index is 9.18. The minimum Gasteiger partial charge on any atom is -0.389 e. The Labute approximate surface area is 53.7 Å². The molecule has 0 aromatic heterocycles. The van der Waals surface area contributed by atoms with Crippen molar-refractivity contribution in [2.75, 3.05) is 0 Å². The lowest BCUT2D eigenvalue weighted by Gasteiger charge is -2.19. The van der Waals surface area contributed by atoms with Gasteiger partial charge in [0, 0.05) is 12.1 Å². The zero-order valence-electron chi connectivity index (χ0n) is 5.12. The van der Waals surface area contributed by atoms with Crippen LogP contribution < -0.4 is 5.32 Å². The Morgan fingerprint density at radius 2 is 1.44 bits per heavy atom. The molecule has 0 aliphatic carbocycles. The molecule has 2 rings (SSSR count). The molecule has 0 unspecified atom stereocenters. The van der Waals surface area contributed by atoms with E-state index in [0.717, 1.165) is 12.8 Å². The zero-order valence-corrected chi connectivity index (χ0v) is 5.12. The molecule has 2 aliphatic heterocycles. The molecule has 2 bridgehead atoms. The third kappa shape index (κ3) is 0.625. The van der Waals surface area contributed by atoms with Gasteiger partial charge in [0.25, 0.3) is 0 Å². The highest BCUT2D eigenvalue weighted by Crippen LogP contribution is 2.28. The number of hydrogen-bond donors (Lipinski definition) is 3. The van der Waals surface area contributed by atoms with Gasteiger partial charge in [-0.25, -0.2) is 0 Å². The monoisotopic (exact) mass is 129 g/mol. The molecule has 2 saturated heterocycles. The minimum atomic E-state index is -0.510. The van der Waals surface area contributed by atoms with E-state index in [1.807, 2.05) is 0 Å². The van der Waals surface area contributed by atoms with Crippen molar-refractivity contribution in [3.05, 3.63) is 0 Å². The van der Waals surface area contributed by atoms with Gasteiger partial charge in [-0.3, -0.25) is 0 Å². The number of nitrogens with one attached hydrogen (secondary N) is 1. The first-order valence-electron chi connectivity index (χ1n) is 3.41. The van der Waals surface area contributed by atoms with Gasteiger partial charge < -0.3 is 15.5 Å². The second kappa shape index (κ2) is 1.68. The molecule has 3 heteroatoms. The molecule has 0 radical (unpaired) electrons. The van der Waals surface area contributed by atoms with E-state index in [2.05, 4.69) is 5.32 Å². The summed E-state index contributed by atoms with van der Waals surface area (Å²) in [5, 5.41) is 21.5. The van der Waals surface area contributed by atoms with Crippen LogP contribution in [-0.4, -0.2) is 34.5 Å². The van der Waals surface area contributed by atoms with Gasteiger partial charge in [0.1, 0.15) is 0 Å². The standard InChI is InChI=1S/C6H11NO2/c8-5-3-1-2-4(7-3)6(5)9/h3-9H,1-2H2/t3-,4+,5+,6-. The summed E-state index contributed by atoms with van der Waals surface area (Å²) in [5.74, 6) is 0. The van der Waals surface area contributed by atoms with Crippen molar-refractivity contribution in [1.82, 2.24) is 5.32 Å². The van der Waals surface area contributed by atoms with E-state index in [1.54, 1.807) is 0 Å². The van der Waals surface area contributed by atoms with Crippen molar-refractivity contribution in [3.8, 4) is 0 Å². The maximum atomic E-state index is 9.18. The number of hydrogen-bond acceptors (Lipinski definition) is 3. The largest absolute Gasteiger partial charge is 0.389 e. The quantitative estimate of drug-likeness (QED) is 0.387. The van der Waals surface area contributed by atoms with E-state index in [0.29, 0.717) is 0 Å². The SMILES string of the molecule is O[C@@H]1[C@H](O)[C@@H]2CC[C@H]1N2. The van der Waals surface area contributed by atoms with Crippen LogP contribution >= 0.6 is 0 Å². The molecule has 2 heterocycles. The molecule has 0 saturated carbocycles. The number of fused-ring (bicyclic) bond motifs is 2. The van der Waals surface area contributed by atoms with Gasteiger partial charge in [0.2, 0.25) is 0 Å². The average Bonchev–Trinajstić information content (AvgIpc) is 2.37. The van der Waals surface area contributed by atoms with E-state index in [9.17, 15) is 10.2 Å². The Morgan fingerprint density at radius 3 is 1.67 bits per heavy atom. The fourth-order valence-corrected chi connectivity index (χ4v) is 1.82. The van der Waals surface area contributed by atoms with E-state index >= 15 is 0 Å². The highest BCUT2D eigenvalue weighted by molar-refractivity contribution is 5.03. The van der Waals surface area contributed by atoms with Crippen molar-refractivity contribution in [2.24, 2.45) is 0 Å². The fourth-order valence-electron chi connectivity index (χ4n) is 1.82. The first kappa shape index (κ1) is 5.65. The summed E-state index contributed by atoms with van der Waals surface area (Å²) in [7, 11) is 0. The topological polar surface area (TPSA) is 52.5 Å². The second-order valence-electron chi connectivity index (χ2n) is 2.94. The molecule has 2 aliphatic rings. The van der Waals surface area contributed by atoms with Gasteiger partial charge >= 0.3 is 0 Å². The lowest BCUT2D eigenvalue weighted by molar-refractivity contribution is 0.0123. The second-order valence-corrected chi connectivity index (χ2v) is 2.94. The molecule has 2 fully saturated rings. The van der Waals surface area contributed by atoms with Crippen molar-refractivity contribution in [2.45, 2.75) is 37.1 Å². The van der Waals surface area contributed by atoms with E-state index < -0.39 is 12.2 Å². The van der Waals surface area contributed by atoms with Crippen LogP contribution in [0.5, 0.6) is 0 Å². The van der Waals surface area contributed by atoms with E-state index in [-0.39, 0.29) is 12.1 Å². The van der Waals surface area contributed by atoms with Gasteiger partial charge in [0.05, 0.1) is 12.2 Å². The Kier molecular flexibility index (Phi) is 1.06. The number of aliphatic hydroxyl groups is 2. The van der Waals surface area contributed by atoms with Crippen molar-refractivity contribution in [1.29, 1.82) is 0 Å². The van der Waals surface area contributed by atoms with Crippen LogP contribution in [0.4, 0.5) is 0 Å². The van der Waals surface area contributed by atoms with Gasteiger partial charge in [-0.05, 0) is 12.8 Å². The third-order valence-electron chi connectivity index (χ3n) is 2.39. The summed E-state index contributed by atoms with van der Waals surface area (Å²) in [6.45, 7) is 0. The normalized spacial score (nSPS) is 56.7. The summed E-state index contributed by atoms with van der Waals surface area (Å²) < 4.78 is 0. The van der Waals surface area contributed by atoms with E-state index in [1.165, 1.54) is 0 Å². The molecule has 0 spiro atoms. The van der Waals surface area contributed by atoms with Crippen molar-refractivity contribution >= 4 is 0 Å². The number of rotatable bonds is 0. The maximum Gasteiger partial charge on any atom is 0.0967 e. The Bertz CT molecular complexity index is 110. The van der Waals surface area contributed by atoms with Crippen LogP contribution in [0.3, 0.4) is 0 Å². The fraction of sp³-hybridized carbons (Fsp3) is 1.00. The van der Waals surface area contributed by atoms with Gasteiger partial charge in [0.15, 0.2) is 0 Å². The first-order valence-corrected chi connectivity index (χ1v) is 3.41. The molecular formula is C6H11NO2. The third-order valence-corrected chi connectivity index (χ3v) is 2.39. The Morgan fingerprint density at radius 1 is 1.00 bits per heavy atom. The summed E-state index contributed by atoms with van der Waals surface area (Å²) in [6, 6.07) is 0.343. The Balaban J connectivity index is 2.15. The summed E-state index contributed by atoms with van der Waals surface area (Å²) in [5.41, 5.74) is 0. The first-order chi connectivity index (χ1) is 4.29. The van der Waals surface area contributed by atoms with Gasteiger partial charge in [-0.2, -0.15) is 0 Å². The summed E-state index contributed by atoms with van der Waals surface area (Å²) in [4.78, 5) is 0. The molecule has 0 aromatic rings. The Hall–Kier alpha value is -0.120. The van der Waals surface area contributed by atoms with Crippen LogP contribution in [0.2, 0.25) is 0 Å². The molecule has 52 valence electrons. The molecule has 0 amide bonds. The van der Waals surface area contributed by atoms with Crippen molar-refractivity contribution in [3.63, 3.8) is 0 Å². The average molecular weight is 129 g/mol. The molecule has 3 N–H and O–H groups in total. The van der Waals surface area contributed by atoms with E-state index in [4.69, 9.17) is 0 Å².